The maximum absolute atomic E-state index is 13.5. The van der Waals surface area contributed by atoms with Gasteiger partial charge < -0.3 is 9.30 Å². The second-order valence-electron chi connectivity index (χ2n) is 4.80. The number of benzene rings is 1. The van der Waals surface area contributed by atoms with Crippen molar-refractivity contribution in [3.8, 4) is 0 Å². The third-order valence-corrected chi connectivity index (χ3v) is 3.35. The highest BCUT2D eigenvalue weighted by molar-refractivity contribution is 5.80. The topological polar surface area (TPSA) is 31.2 Å². The Morgan fingerprint density at radius 3 is 2.90 bits per heavy atom. The summed E-state index contributed by atoms with van der Waals surface area (Å²) in [5, 5.41) is 0.666. The Kier molecular flexibility index (Phi) is 5.16. The zero-order valence-corrected chi connectivity index (χ0v) is 11.8. The van der Waals surface area contributed by atoms with Crippen molar-refractivity contribution in [2.75, 3.05) is 6.61 Å². The van der Waals surface area contributed by atoms with Gasteiger partial charge in [-0.25, -0.2) is 4.39 Å². The first-order valence-corrected chi connectivity index (χ1v) is 7.11. The van der Waals surface area contributed by atoms with Gasteiger partial charge >= 0.3 is 5.97 Å². The van der Waals surface area contributed by atoms with Crippen LogP contribution in [0.3, 0.4) is 0 Å². The molecule has 0 bridgehead atoms. The maximum atomic E-state index is 13.5. The highest BCUT2D eigenvalue weighted by Gasteiger charge is 2.05. The molecule has 0 atom stereocenters. The molecule has 0 fully saturated rings. The first-order chi connectivity index (χ1) is 9.72. The summed E-state index contributed by atoms with van der Waals surface area (Å²) in [5.41, 5.74) is 0.926. The third-order valence-electron chi connectivity index (χ3n) is 3.35. The highest BCUT2D eigenvalue weighted by atomic mass is 19.1. The van der Waals surface area contributed by atoms with Gasteiger partial charge in [-0.1, -0.05) is 12.5 Å². The van der Waals surface area contributed by atoms with Crippen molar-refractivity contribution < 1.29 is 13.9 Å². The highest BCUT2D eigenvalue weighted by Crippen LogP contribution is 2.19. The van der Waals surface area contributed by atoms with E-state index in [2.05, 4.69) is 4.57 Å². The Morgan fingerprint density at radius 1 is 1.25 bits per heavy atom. The van der Waals surface area contributed by atoms with Crippen LogP contribution >= 0.6 is 0 Å². The van der Waals surface area contributed by atoms with E-state index in [1.807, 2.05) is 25.3 Å². The molecule has 0 radical (unpaired) electrons. The molecule has 20 heavy (non-hydrogen) atoms. The van der Waals surface area contributed by atoms with Crippen LogP contribution in [0.1, 0.15) is 32.6 Å². The average molecular weight is 277 g/mol. The molecule has 1 aromatic heterocycles. The van der Waals surface area contributed by atoms with Crippen LogP contribution in [0.25, 0.3) is 10.9 Å². The molecule has 1 heterocycles. The molecule has 0 N–H and O–H groups in total. The van der Waals surface area contributed by atoms with Crippen LogP contribution in [0, 0.1) is 5.82 Å². The molecule has 0 spiro atoms. The Balaban J connectivity index is 1.79. The summed E-state index contributed by atoms with van der Waals surface area (Å²) in [5.74, 6) is -0.301. The van der Waals surface area contributed by atoms with Gasteiger partial charge in [0.1, 0.15) is 5.82 Å². The fourth-order valence-electron chi connectivity index (χ4n) is 2.34. The molecular formula is C16H20FNO2. The van der Waals surface area contributed by atoms with Gasteiger partial charge in [-0.2, -0.15) is 0 Å². The molecule has 0 unspecified atom stereocenters. The number of hydrogen-bond acceptors (Lipinski definition) is 2. The first-order valence-electron chi connectivity index (χ1n) is 7.11. The zero-order chi connectivity index (χ0) is 14.4. The smallest absolute Gasteiger partial charge is 0.305 e. The van der Waals surface area contributed by atoms with Crippen molar-refractivity contribution in [3.63, 3.8) is 0 Å². The molecule has 0 saturated heterocycles. The normalized spacial score (nSPS) is 10.9. The molecule has 0 aliphatic carbocycles. The van der Waals surface area contributed by atoms with Crippen LogP contribution in [-0.4, -0.2) is 17.1 Å². The second kappa shape index (κ2) is 7.08. The summed E-state index contributed by atoms with van der Waals surface area (Å²) in [4.78, 5) is 11.2. The Labute approximate surface area is 118 Å². The number of aromatic nitrogens is 1. The minimum Gasteiger partial charge on any atom is -0.466 e. The van der Waals surface area contributed by atoms with Gasteiger partial charge in [-0.05, 0) is 38.0 Å². The summed E-state index contributed by atoms with van der Waals surface area (Å²) >= 11 is 0. The molecule has 0 amide bonds. The van der Waals surface area contributed by atoms with Crippen LogP contribution in [-0.2, 0) is 16.1 Å². The van der Waals surface area contributed by atoms with E-state index >= 15 is 0 Å². The maximum Gasteiger partial charge on any atom is 0.305 e. The van der Waals surface area contributed by atoms with E-state index in [9.17, 15) is 9.18 Å². The predicted octanol–water partition coefficient (Wildman–Crippen LogP) is 3.90. The number of hydrogen-bond donors (Lipinski definition) is 0. The lowest BCUT2D eigenvalue weighted by molar-refractivity contribution is -0.143. The van der Waals surface area contributed by atoms with Crippen LogP contribution < -0.4 is 0 Å². The number of esters is 1. The van der Waals surface area contributed by atoms with Crippen LogP contribution in [0.2, 0.25) is 0 Å². The van der Waals surface area contributed by atoms with Gasteiger partial charge in [0.2, 0.25) is 0 Å². The molecule has 0 saturated carbocycles. The minimum absolute atomic E-state index is 0.124. The van der Waals surface area contributed by atoms with Crippen LogP contribution in [0.15, 0.2) is 30.5 Å². The molecule has 3 nitrogen and oxygen atoms in total. The molecule has 0 aliphatic rings. The fraction of sp³-hybridized carbons (Fsp3) is 0.438. The minimum atomic E-state index is -0.177. The van der Waals surface area contributed by atoms with E-state index < -0.39 is 0 Å². The summed E-state index contributed by atoms with van der Waals surface area (Å²) in [7, 11) is 0. The van der Waals surface area contributed by atoms with Crippen LogP contribution in [0.4, 0.5) is 4.39 Å². The lowest BCUT2D eigenvalue weighted by Crippen LogP contribution is -2.03. The summed E-state index contributed by atoms with van der Waals surface area (Å²) in [6.45, 7) is 3.10. The number of halogens is 1. The van der Waals surface area contributed by atoms with E-state index in [4.69, 9.17) is 4.74 Å². The second-order valence-corrected chi connectivity index (χ2v) is 4.80. The monoisotopic (exact) mass is 277 g/mol. The summed E-state index contributed by atoms with van der Waals surface area (Å²) in [6.07, 6.45) is 5.17. The van der Waals surface area contributed by atoms with Crippen molar-refractivity contribution in [1.29, 1.82) is 0 Å². The number of unbranched alkanes of at least 4 members (excludes halogenated alkanes) is 2. The molecule has 1 aromatic carbocycles. The fourth-order valence-corrected chi connectivity index (χ4v) is 2.34. The number of carbonyl (C=O) groups excluding carboxylic acids is 1. The van der Waals surface area contributed by atoms with Crippen molar-refractivity contribution >= 4 is 16.9 Å². The Bertz CT molecular complexity index is 577. The number of ether oxygens (including phenoxy) is 1. The SMILES string of the molecule is CCOC(=O)CCCCCn1ccc2c(F)cccc21. The van der Waals surface area contributed by atoms with Crippen molar-refractivity contribution in [1.82, 2.24) is 4.57 Å². The van der Waals surface area contributed by atoms with Gasteiger partial charge in [0.15, 0.2) is 0 Å². The summed E-state index contributed by atoms with van der Waals surface area (Å²) < 4.78 is 20.5. The van der Waals surface area contributed by atoms with Gasteiger partial charge in [0.25, 0.3) is 0 Å². The lowest BCUT2D eigenvalue weighted by Gasteiger charge is -2.05. The lowest BCUT2D eigenvalue weighted by atomic mass is 10.2. The van der Waals surface area contributed by atoms with Gasteiger partial charge in [0.05, 0.1) is 12.1 Å². The van der Waals surface area contributed by atoms with E-state index in [1.54, 1.807) is 6.07 Å². The van der Waals surface area contributed by atoms with Gasteiger partial charge in [0, 0.05) is 24.5 Å². The quantitative estimate of drug-likeness (QED) is 0.567. The largest absolute Gasteiger partial charge is 0.466 e. The third kappa shape index (κ3) is 3.59. The molecule has 4 heteroatoms. The van der Waals surface area contributed by atoms with E-state index in [0.717, 1.165) is 31.3 Å². The Hall–Kier alpha value is -1.84. The van der Waals surface area contributed by atoms with E-state index in [1.165, 1.54) is 6.07 Å². The zero-order valence-electron chi connectivity index (χ0n) is 11.8. The number of rotatable bonds is 7. The molecule has 2 aromatic rings. The average Bonchev–Trinajstić information content (AvgIpc) is 2.83. The standard InChI is InChI=1S/C16H20FNO2/c1-2-20-16(19)9-4-3-5-11-18-12-10-13-14(17)7-6-8-15(13)18/h6-8,10,12H,2-5,9,11H2,1H3. The predicted molar refractivity (Wildman–Crippen MR) is 77.0 cm³/mol. The van der Waals surface area contributed by atoms with Crippen molar-refractivity contribution in [3.05, 3.63) is 36.3 Å². The molecule has 108 valence electrons. The summed E-state index contributed by atoms with van der Waals surface area (Å²) in [6, 6.07) is 6.95. The van der Waals surface area contributed by atoms with Gasteiger partial charge in [-0.15, -0.1) is 0 Å². The first kappa shape index (κ1) is 14.6. The van der Waals surface area contributed by atoms with Crippen molar-refractivity contribution in [2.45, 2.75) is 39.2 Å². The van der Waals surface area contributed by atoms with Crippen molar-refractivity contribution in [2.24, 2.45) is 0 Å². The molecular weight excluding hydrogens is 257 g/mol. The molecule has 2 rings (SSSR count). The van der Waals surface area contributed by atoms with E-state index in [-0.39, 0.29) is 11.8 Å². The number of fused-ring (bicyclic) bond motifs is 1. The van der Waals surface area contributed by atoms with E-state index in [0.29, 0.717) is 18.4 Å². The number of carbonyl (C=O) groups is 1. The van der Waals surface area contributed by atoms with Crippen LogP contribution in [0.5, 0.6) is 0 Å². The van der Waals surface area contributed by atoms with Gasteiger partial charge in [-0.3, -0.25) is 4.79 Å². The molecule has 0 aliphatic heterocycles. The number of nitrogens with zero attached hydrogens (tertiary/aromatic N) is 1. The Morgan fingerprint density at radius 2 is 2.10 bits per heavy atom. The number of aryl methyl sites for hydroxylation is 1.